The Morgan fingerprint density at radius 3 is 2.57 bits per heavy atom. The van der Waals surface area contributed by atoms with Gasteiger partial charge in [-0.25, -0.2) is 13.1 Å². The van der Waals surface area contributed by atoms with Crippen LogP contribution in [-0.2, 0) is 16.6 Å². The van der Waals surface area contributed by atoms with Crippen molar-refractivity contribution in [2.75, 3.05) is 6.54 Å². The molecule has 2 saturated carbocycles. The van der Waals surface area contributed by atoms with Gasteiger partial charge in [0.05, 0.1) is 6.61 Å². The standard InChI is InChI=1S/C15H23NO4S/c1-9-14(8-17)15(10(2)20-9)21(18,19)16-7-13-6-11-3-4-12(13)5-11/h11-13,16-17H,3-8H2,1-2H3. The highest BCUT2D eigenvalue weighted by Gasteiger charge is 2.40. The average Bonchev–Trinajstić information content (AvgIpc) is 3.10. The summed E-state index contributed by atoms with van der Waals surface area (Å²) >= 11 is 0. The smallest absolute Gasteiger partial charge is 0.244 e. The lowest BCUT2D eigenvalue weighted by Gasteiger charge is -2.21. The van der Waals surface area contributed by atoms with Crippen LogP contribution in [0.4, 0.5) is 0 Å². The number of fused-ring (bicyclic) bond motifs is 2. The van der Waals surface area contributed by atoms with E-state index in [1.54, 1.807) is 13.8 Å². The molecule has 0 spiro atoms. The fourth-order valence-corrected chi connectivity index (χ4v) is 5.69. The van der Waals surface area contributed by atoms with Crippen molar-refractivity contribution in [1.82, 2.24) is 4.72 Å². The Balaban J connectivity index is 1.75. The Morgan fingerprint density at radius 2 is 2.00 bits per heavy atom. The minimum Gasteiger partial charge on any atom is -0.465 e. The van der Waals surface area contributed by atoms with Gasteiger partial charge in [-0.2, -0.15) is 0 Å². The minimum absolute atomic E-state index is 0.116. The van der Waals surface area contributed by atoms with Crippen LogP contribution in [0.25, 0.3) is 0 Å². The van der Waals surface area contributed by atoms with E-state index >= 15 is 0 Å². The number of furan rings is 1. The number of rotatable bonds is 5. The molecule has 2 fully saturated rings. The summed E-state index contributed by atoms with van der Waals surface area (Å²) < 4.78 is 33.2. The molecule has 3 unspecified atom stereocenters. The zero-order chi connectivity index (χ0) is 15.2. The molecule has 2 bridgehead atoms. The SMILES string of the molecule is Cc1oc(C)c(S(=O)(=O)NCC2CC3CCC2C3)c1CO. The third-order valence-electron chi connectivity index (χ3n) is 5.17. The van der Waals surface area contributed by atoms with Crippen LogP contribution >= 0.6 is 0 Å². The normalized spacial score (nSPS) is 28.4. The summed E-state index contributed by atoms with van der Waals surface area (Å²) in [7, 11) is -3.62. The van der Waals surface area contributed by atoms with E-state index in [-0.39, 0.29) is 11.5 Å². The van der Waals surface area contributed by atoms with Gasteiger partial charge >= 0.3 is 0 Å². The summed E-state index contributed by atoms with van der Waals surface area (Å²) in [6, 6.07) is 0. The second kappa shape index (κ2) is 5.41. The van der Waals surface area contributed by atoms with Crippen molar-refractivity contribution < 1.29 is 17.9 Å². The molecular weight excluding hydrogens is 290 g/mol. The first-order chi connectivity index (χ1) is 9.92. The lowest BCUT2D eigenvalue weighted by Crippen LogP contribution is -2.32. The van der Waals surface area contributed by atoms with Crippen LogP contribution in [0.5, 0.6) is 0 Å². The maximum Gasteiger partial charge on any atom is 0.244 e. The van der Waals surface area contributed by atoms with Crippen LogP contribution in [-0.4, -0.2) is 20.1 Å². The lowest BCUT2D eigenvalue weighted by molar-refractivity contribution is 0.276. The number of aryl methyl sites for hydroxylation is 2. The van der Waals surface area contributed by atoms with Crippen molar-refractivity contribution in [2.45, 2.75) is 51.0 Å². The highest BCUT2D eigenvalue weighted by molar-refractivity contribution is 7.89. The fraction of sp³-hybridized carbons (Fsp3) is 0.733. The summed E-state index contributed by atoms with van der Waals surface area (Å²) in [4.78, 5) is 0.116. The quantitative estimate of drug-likeness (QED) is 0.872. The molecule has 2 N–H and O–H groups in total. The van der Waals surface area contributed by atoms with Gasteiger partial charge in [-0.1, -0.05) is 6.42 Å². The molecule has 1 aromatic heterocycles. The van der Waals surface area contributed by atoms with Crippen molar-refractivity contribution in [3.8, 4) is 0 Å². The molecule has 0 radical (unpaired) electrons. The van der Waals surface area contributed by atoms with Gasteiger partial charge in [-0.05, 0) is 50.9 Å². The van der Waals surface area contributed by atoms with Crippen LogP contribution in [0.1, 0.15) is 42.8 Å². The molecule has 3 rings (SSSR count). The highest BCUT2D eigenvalue weighted by atomic mass is 32.2. The van der Waals surface area contributed by atoms with Gasteiger partial charge in [0, 0.05) is 12.1 Å². The van der Waals surface area contributed by atoms with Crippen molar-refractivity contribution in [3.63, 3.8) is 0 Å². The zero-order valence-electron chi connectivity index (χ0n) is 12.6. The first-order valence-electron chi connectivity index (χ1n) is 7.61. The van der Waals surface area contributed by atoms with Gasteiger partial charge in [0.25, 0.3) is 0 Å². The number of hydrogen-bond donors (Lipinski definition) is 2. The van der Waals surface area contributed by atoms with Crippen LogP contribution < -0.4 is 4.72 Å². The second-order valence-corrected chi connectivity index (χ2v) is 8.17. The summed E-state index contributed by atoms with van der Waals surface area (Å²) in [6.07, 6.45) is 4.95. The summed E-state index contributed by atoms with van der Waals surface area (Å²) in [5.41, 5.74) is 0.368. The Kier molecular flexibility index (Phi) is 3.88. The lowest BCUT2D eigenvalue weighted by atomic mass is 9.89. The molecule has 2 aliphatic carbocycles. The summed E-state index contributed by atoms with van der Waals surface area (Å²) in [5, 5.41) is 9.39. The molecule has 6 heteroatoms. The van der Waals surface area contributed by atoms with Gasteiger partial charge in [-0.15, -0.1) is 0 Å². The maximum atomic E-state index is 12.5. The molecule has 0 amide bonds. The number of sulfonamides is 1. The van der Waals surface area contributed by atoms with Gasteiger partial charge in [0.15, 0.2) is 0 Å². The van der Waals surface area contributed by atoms with Gasteiger partial charge in [0.2, 0.25) is 10.0 Å². The predicted molar refractivity (Wildman–Crippen MR) is 78.2 cm³/mol. The van der Waals surface area contributed by atoms with E-state index in [1.807, 2.05) is 0 Å². The molecule has 3 atom stereocenters. The van der Waals surface area contributed by atoms with E-state index in [2.05, 4.69) is 4.72 Å². The molecule has 118 valence electrons. The summed E-state index contributed by atoms with van der Waals surface area (Å²) in [6.45, 7) is 3.47. The molecule has 0 aliphatic heterocycles. The van der Waals surface area contributed by atoms with E-state index in [9.17, 15) is 13.5 Å². The van der Waals surface area contributed by atoms with Crippen molar-refractivity contribution >= 4 is 10.0 Å². The first kappa shape index (κ1) is 15.1. The van der Waals surface area contributed by atoms with Gasteiger partial charge in [-0.3, -0.25) is 0 Å². The Hall–Kier alpha value is -0.850. The van der Waals surface area contributed by atoms with E-state index in [0.29, 0.717) is 35.5 Å². The van der Waals surface area contributed by atoms with Crippen molar-refractivity contribution in [2.24, 2.45) is 17.8 Å². The molecule has 21 heavy (non-hydrogen) atoms. The average molecular weight is 313 g/mol. The molecule has 1 aromatic rings. The topological polar surface area (TPSA) is 79.5 Å². The van der Waals surface area contributed by atoms with E-state index < -0.39 is 10.0 Å². The minimum atomic E-state index is -3.62. The molecule has 0 saturated heterocycles. The Bertz CT molecular complexity index is 634. The van der Waals surface area contributed by atoms with Crippen molar-refractivity contribution in [3.05, 3.63) is 17.1 Å². The van der Waals surface area contributed by atoms with Gasteiger partial charge in [0.1, 0.15) is 16.4 Å². The van der Waals surface area contributed by atoms with Gasteiger partial charge < -0.3 is 9.52 Å². The second-order valence-electron chi connectivity index (χ2n) is 6.47. The maximum absolute atomic E-state index is 12.5. The van der Waals surface area contributed by atoms with Crippen molar-refractivity contribution in [1.29, 1.82) is 0 Å². The van der Waals surface area contributed by atoms with E-state index in [0.717, 1.165) is 12.3 Å². The predicted octanol–water partition coefficient (Wildman–Crippen LogP) is 2.10. The van der Waals surface area contributed by atoms with Crippen LogP contribution in [0.2, 0.25) is 0 Å². The fourth-order valence-electron chi connectivity index (χ4n) is 4.16. The largest absolute Gasteiger partial charge is 0.465 e. The first-order valence-corrected chi connectivity index (χ1v) is 9.10. The van der Waals surface area contributed by atoms with Crippen LogP contribution in [0.3, 0.4) is 0 Å². The number of hydrogen-bond acceptors (Lipinski definition) is 4. The van der Waals surface area contributed by atoms with Crippen LogP contribution in [0, 0.1) is 31.6 Å². The molecular formula is C15H23NO4S. The molecule has 2 aliphatic rings. The van der Waals surface area contributed by atoms with Crippen LogP contribution in [0.15, 0.2) is 9.31 Å². The molecule has 0 aromatic carbocycles. The monoisotopic (exact) mass is 313 g/mol. The third-order valence-corrected chi connectivity index (χ3v) is 6.79. The zero-order valence-corrected chi connectivity index (χ0v) is 13.4. The Labute approximate surface area is 125 Å². The molecule has 1 heterocycles. The molecule has 5 nitrogen and oxygen atoms in total. The number of aliphatic hydroxyl groups is 1. The number of nitrogens with one attached hydrogen (secondary N) is 1. The highest BCUT2D eigenvalue weighted by Crippen LogP contribution is 2.48. The van der Waals surface area contributed by atoms with E-state index in [4.69, 9.17) is 4.42 Å². The van der Waals surface area contributed by atoms with E-state index in [1.165, 1.54) is 19.3 Å². The third kappa shape index (κ3) is 2.64. The summed E-state index contributed by atoms with van der Waals surface area (Å²) in [5.74, 6) is 2.76. The number of aliphatic hydroxyl groups excluding tert-OH is 1. The Morgan fingerprint density at radius 1 is 1.24 bits per heavy atom.